The summed E-state index contributed by atoms with van der Waals surface area (Å²) in [4.78, 5) is 16.3. The molecule has 0 aliphatic heterocycles. The third-order valence-corrected chi connectivity index (χ3v) is 3.26. The van der Waals surface area contributed by atoms with Gasteiger partial charge < -0.3 is 10.6 Å². The maximum Gasteiger partial charge on any atom is 0.255 e. The van der Waals surface area contributed by atoms with E-state index >= 15 is 0 Å². The van der Waals surface area contributed by atoms with E-state index in [1.807, 2.05) is 0 Å². The van der Waals surface area contributed by atoms with E-state index in [9.17, 15) is 13.6 Å². The molecule has 0 aliphatic carbocycles. The number of carbonyl (C=O) groups is 1. The molecule has 3 aromatic rings. The Morgan fingerprint density at radius 1 is 0.958 bits per heavy atom. The Hall–Kier alpha value is -3.28. The van der Waals surface area contributed by atoms with Gasteiger partial charge >= 0.3 is 0 Å². The lowest BCUT2D eigenvalue weighted by Crippen LogP contribution is -2.13. The van der Waals surface area contributed by atoms with Gasteiger partial charge in [-0.2, -0.15) is 0 Å². The van der Waals surface area contributed by atoms with E-state index in [0.717, 1.165) is 0 Å². The Kier molecular flexibility index (Phi) is 4.47. The van der Waals surface area contributed by atoms with Crippen LogP contribution in [0.3, 0.4) is 0 Å². The third-order valence-electron chi connectivity index (χ3n) is 3.26. The Balaban J connectivity index is 1.76. The maximum atomic E-state index is 13.6. The molecule has 1 amide bonds. The van der Waals surface area contributed by atoms with Crippen LogP contribution in [0.15, 0.2) is 66.9 Å². The van der Waals surface area contributed by atoms with Gasteiger partial charge in [0.2, 0.25) is 0 Å². The SMILES string of the molecule is O=C(Nc1ccccc1F)c1ccnc(Nc2ccc(F)cc2)c1. The van der Waals surface area contributed by atoms with E-state index in [0.29, 0.717) is 17.1 Å². The minimum atomic E-state index is -0.510. The number of rotatable bonds is 4. The average Bonchev–Trinajstić information content (AvgIpc) is 2.59. The summed E-state index contributed by atoms with van der Waals surface area (Å²) in [6.07, 6.45) is 1.46. The predicted octanol–water partition coefficient (Wildman–Crippen LogP) is 4.36. The van der Waals surface area contributed by atoms with Crippen molar-refractivity contribution in [2.24, 2.45) is 0 Å². The summed E-state index contributed by atoms with van der Waals surface area (Å²) in [6.45, 7) is 0. The van der Waals surface area contributed by atoms with Crippen LogP contribution in [0.2, 0.25) is 0 Å². The van der Waals surface area contributed by atoms with Crippen molar-refractivity contribution in [3.05, 3.63) is 84.1 Å². The van der Waals surface area contributed by atoms with Crippen molar-refractivity contribution in [3.8, 4) is 0 Å². The molecule has 0 saturated heterocycles. The van der Waals surface area contributed by atoms with Gasteiger partial charge in [0.05, 0.1) is 5.69 Å². The Labute approximate surface area is 137 Å². The summed E-state index contributed by atoms with van der Waals surface area (Å²) in [6, 6.07) is 14.7. The van der Waals surface area contributed by atoms with E-state index in [1.54, 1.807) is 24.3 Å². The van der Waals surface area contributed by atoms with Crippen molar-refractivity contribution in [2.75, 3.05) is 10.6 Å². The average molecular weight is 325 g/mol. The minimum Gasteiger partial charge on any atom is -0.340 e. The first-order valence-electron chi connectivity index (χ1n) is 7.16. The third kappa shape index (κ3) is 3.73. The molecule has 2 N–H and O–H groups in total. The van der Waals surface area contributed by atoms with Gasteiger partial charge in [0.15, 0.2) is 0 Å². The molecule has 0 fully saturated rings. The molecule has 0 saturated carbocycles. The molecule has 2 aromatic carbocycles. The lowest BCUT2D eigenvalue weighted by atomic mass is 10.2. The molecule has 0 atom stereocenters. The van der Waals surface area contributed by atoms with Gasteiger partial charge in [-0.05, 0) is 48.5 Å². The number of halogens is 2. The lowest BCUT2D eigenvalue weighted by molar-refractivity contribution is 0.102. The second-order valence-corrected chi connectivity index (χ2v) is 5.00. The number of pyridine rings is 1. The monoisotopic (exact) mass is 325 g/mol. The summed E-state index contributed by atoms with van der Waals surface area (Å²) in [5.41, 5.74) is 1.06. The quantitative estimate of drug-likeness (QED) is 0.749. The van der Waals surface area contributed by atoms with Crippen molar-refractivity contribution in [1.29, 1.82) is 0 Å². The normalized spacial score (nSPS) is 10.2. The van der Waals surface area contributed by atoms with E-state index in [-0.39, 0.29) is 11.5 Å². The maximum absolute atomic E-state index is 13.6. The molecule has 120 valence electrons. The molecule has 0 aliphatic rings. The van der Waals surface area contributed by atoms with Crippen molar-refractivity contribution in [2.45, 2.75) is 0 Å². The van der Waals surface area contributed by atoms with Crippen molar-refractivity contribution < 1.29 is 13.6 Å². The van der Waals surface area contributed by atoms with Gasteiger partial charge in [-0.25, -0.2) is 13.8 Å². The molecule has 3 rings (SSSR count). The first kappa shape index (κ1) is 15.6. The largest absolute Gasteiger partial charge is 0.340 e. The van der Waals surface area contributed by atoms with Crippen LogP contribution in [0.1, 0.15) is 10.4 Å². The molecular formula is C18H13F2N3O. The summed E-state index contributed by atoms with van der Waals surface area (Å²) in [5, 5.41) is 5.48. The highest BCUT2D eigenvalue weighted by molar-refractivity contribution is 6.04. The molecule has 4 nitrogen and oxygen atoms in total. The molecule has 0 spiro atoms. The summed E-state index contributed by atoms with van der Waals surface area (Å²) in [5.74, 6) is -0.886. The van der Waals surface area contributed by atoms with Crippen LogP contribution in [0.25, 0.3) is 0 Å². The van der Waals surface area contributed by atoms with Crippen LogP contribution in [0, 0.1) is 11.6 Å². The van der Waals surface area contributed by atoms with Crippen LogP contribution >= 0.6 is 0 Å². The first-order chi connectivity index (χ1) is 11.6. The molecule has 1 aromatic heterocycles. The predicted molar refractivity (Wildman–Crippen MR) is 88.3 cm³/mol. The first-order valence-corrected chi connectivity index (χ1v) is 7.16. The number of para-hydroxylation sites is 1. The second-order valence-electron chi connectivity index (χ2n) is 5.00. The zero-order chi connectivity index (χ0) is 16.9. The number of amides is 1. The fourth-order valence-electron chi connectivity index (χ4n) is 2.08. The Bertz CT molecular complexity index is 866. The number of carbonyl (C=O) groups excluding carboxylic acids is 1. The van der Waals surface area contributed by atoms with Crippen LogP contribution in [-0.2, 0) is 0 Å². The van der Waals surface area contributed by atoms with Gasteiger partial charge in [-0.3, -0.25) is 4.79 Å². The van der Waals surface area contributed by atoms with Crippen LogP contribution in [0.4, 0.5) is 26.0 Å². The highest BCUT2D eigenvalue weighted by Gasteiger charge is 2.10. The zero-order valence-corrected chi connectivity index (χ0v) is 12.5. The molecule has 0 radical (unpaired) electrons. The van der Waals surface area contributed by atoms with Crippen molar-refractivity contribution in [3.63, 3.8) is 0 Å². The van der Waals surface area contributed by atoms with E-state index in [1.165, 1.54) is 42.6 Å². The van der Waals surface area contributed by atoms with Gasteiger partial charge in [0.1, 0.15) is 17.5 Å². The van der Waals surface area contributed by atoms with Gasteiger partial charge in [-0.15, -0.1) is 0 Å². The van der Waals surface area contributed by atoms with E-state index in [4.69, 9.17) is 0 Å². The fraction of sp³-hybridized carbons (Fsp3) is 0. The second kappa shape index (κ2) is 6.87. The van der Waals surface area contributed by atoms with Crippen molar-refractivity contribution in [1.82, 2.24) is 4.98 Å². The fourth-order valence-corrected chi connectivity index (χ4v) is 2.08. The van der Waals surface area contributed by atoms with Gasteiger partial charge in [-0.1, -0.05) is 12.1 Å². The highest BCUT2D eigenvalue weighted by atomic mass is 19.1. The number of nitrogens with zero attached hydrogens (tertiary/aromatic N) is 1. The molecule has 24 heavy (non-hydrogen) atoms. The van der Waals surface area contributed by atoms with Crippen LogP contribution in [0.5, 0.6) is 0 Å². The van der Waals surface area contributed by atoms with Crippen LogP contribution in [-0.4, -0.2) is 10.9 Å². The number of nitrogens with one attached hydrogen (secondary N) is 2. The zero-order valence-electron chi connectivity index (χ0n) is 12.5. The standard InChI is InChI=1S/C18H13F2N3O/c19-13-5-7-14(8-6-13)22-17-11-12(9-10-21-17)18(24)23-16-4-2-1-3-15(16)20/h1-11H,(H,21,22)(H,23,24). The molecule has 6 heteroatoms. The smallest absolute Gasteiger partial charge is 0.255 e. The molecule has 0 unspecified atom stereocenters. The summed E-state index contributed by atoms with van der Waals surface area (Å²) in [7, 11) is 0. The number of aromatic nitrogens is 1. The number of anilines is 3. The van der Waals surface area contributed by atoms with E-state index in [2.05, 4.69) is 15.6 Å². The number of hydrogen-bond acceptors (Lipinski definition) is 3. The van der Waals surface area contributed by atoms with E-state index < -0.39 is 11.7 Å². The summed E-state index contributed by atoms with van der Waals surface area (Å²) >= 11 is 0. The van der Waals surface area contributed by atoms with Crippen molar-refractivity contribution >= 4 is 23.1 Å². The topological polar surface area (TPSA) is 54.0 Å². The molecule has 1 heterocycles. The Morgan fingerprint density at radius 2 is 1.71 bits per heavy atom. The number of hydrogen-bond donors (Lipinski definition) is 2. The Morgan fingerprint density at radius 3 is 2.46 bits per heavy atom. The van der Waals surface area contributed by atoms with Gasteiger partial charge in [0.25, 0.3) is 5.91 Å². The molecule has 0 bridgehead atoms. The van der Waals surface area contributed by atoms with Gasteiger partial charge in [0, 0.05) is 17.4 Å². The summed E-state index contributed by atoms with van der Waals surface area (Å²) < 4.78 is 26.5. The molecular weight excluding hydrogens is 312 g/mol. The van der Waals surface area contributed by atoms with Crippen LogP contribution < -0.4 is 10.6 Å². The highest BCUT2D eigenvalue weighted by Crippen LogP contribution is 2.18. The lowest BCUT2D eigenvalue weighted by Gasteiger charge is -2.09. The minimum absolute atomic E-state index is 0.104. The number of benzene rings is 2.